The Morgan fingerprint density at radius 3 is 2.71 bits per heavy atom. The number of rotatable bonds is 6. The Balaban J connectivity index is 1.80. The van der Waals surface area contributed by atoms with Gasteiger partial charge in [-0.05, 0) is 41.5 Å². The zero-order valence-corrected chi connectivity index (χ0v) is 16.4. The van der Waals surface area contributed by atoms with Crippen molar-refractivity contribution in [2.45, 2.75) is 12.3 Å². The molecule has 1 N–H and O–H groups in total. The van der Waals surface area contributed by atoms with Gasteiger partial charge in [0, 0.05) is 53.9 Å². The molecule has 0 saturated carbocycles. The van der Waals surface area contributed by atoms with Crippen LogP contribution in [0.15, 0.2) is 61.1 Å². The van der Waals surface area contributed by atoms with Gasteiger partial charge in [0.1, 0.15) is 5.75 Å². The summed E-state index contributed by atoms with van der Waals surface area (Å²) in [4.78, 5) is 20.5. The van der Waals surface area contributed by atoms with E-state index in [4.69, 9.17) is 16.3 Å². The molecule has 0 fully saturated rings. The molecule has 0 unspecified atom stereocenters. The molecule has 0 spiro atoms. The number of benzene rings is 2. The summed E-state index contributed by atoms with van der Waals surface area (Å²) in [6.45, 7) is 0. The van der Waals surface area contributed by atoms with Crippen molar-refractivity contribution >= 4 is 28.3 Å². The standard InChI is InChI=1S/C22H20ClN3O2/c1-26-10-9-24-22(26)21(27)12-17(14-3-5-15(23)6-4-14)19-13-25-20-8-7-16(28-2)11-18(19)20/h3-11,13,17,25H,12H2,1-2H3/t17-/m0/s1. The van der Waals surface area contributed by atoms with Crippen molar-refractivity contribution in [1.29, 1.82) is 0 Å². The van der Waals surface area contributed by atoms with E-state index in [2.05, 4.69) is 9.97 Å². The van der Waals surface area contributed by atoms with Gasteiger partial charge >= 0.3 is 0 Å². The fourth-order valence-corrected chi connectivity index (χ4v) is 3.68. The van der Waals surface area contributed by atoms with E-state index in [0.717, 1.165) is 27.8 Å². The number of hydrogen-bond donors (Lipinski definition) is 1. The van der Waals surface area contributed by atoms with Crippen LogP contribution in [0.25, 0.3) is 10.9 Å². The highest BCUT2D eigenvalue weighted by Crippen LogP contribution is 2.36. The van der Waals surface area contributed by atoms with Crippen molar-refractivity contribution in [3.05, 3.63) is 83.0 Å². The number of methoxy groups -OCH3 is 1. The van der Waals surface area contributed by atoms with Crippen LogP contribution in [0.4, 0.5) is 0 Å². The Morgan fingerprint density at radius 2 is 2.04 bits per heavy atom. The van der Waals surface area contributed by atoms with E-state index in [9.17, 15) is 4.79 Å². The van der Waals surface area contributed by atoms with E-state index in [0.29, 0.717) is 17.3 Å². The molecule has 0 aliphatic rings. The summed E-state index contributed by atoms with van der Waals surface area (Å²) < 4.78 is 7.14. The summed E-state index contributed by atoms with van der Waals surface area (Å²) >= 11 is 6.08. The monoisotopic (exact) mass is 393 g/mol. The number of Topliss-reactive ketones (excluding diaryl/α,β-unsaturated/α-hetero) is 1. The molecule has 2 aromatic carbocycles. The largest absolute Gasteiger partial charge is 0.497 e. The zero-order valence-electron chi connectivity index (χ0n) is 15.6. The van der Waals surface area contributed by atoms with Crippen molar-refractivity contribution in [2.24, 2.45) is 7.05 Å². The number of aromatic amines is 1. The number of hydrogen-bond acceptors (Lipinski definition) is 3. The Kier molecular flexibility index (Phi) is 4.92. The van der Waals surface area contributed by atoms with Crippen LogP contribution in [0.1, 0.15) is 34.1 Å². The molecule has 5 nitrogen and oxygen atoms in total. The van der Waals surface area contributed by atoms with Gasteiger partial charge in [0.05, 0.1) is 7.11 Å². The van der Waals surface area contributed by atoms with Crippen molar-refractivity contribution in [3.8, 4) is 5.75 Å². The maximum absolute atomic E-state index is 13.0. The first-order valence-electron chi connectivity index (χ1n) is 8.98. The first-order chi connectivity index (χ1) is 13.6. The number of carbonyl (C=O) groups excluding carboxylic acids is 1. The first kappa shape index (κ1) is 18.3. The van der Waals surface area contributed by atoms with Crippen LogP contribution in [0.3, 0.4) is 0 Å². The van der Waals surface area contributed by atoms with Gasteiger partial charge in [-0.25, -0.2) is 4.98 Å². The molecular formula is C22H20ClN3O2. The van der Waals surface area contributed by atoms with Crippen LogP contribution in [-0.2, 0) is 7.05 Å². The third kappa shape index (κ3) is 3.41. The molecule has 2 aromatic heterocycles. The van der Waals surface area contributed by atoms with Gasteiger partial charge < -0.3 is 14.3 Å². The average molecular weight is 394 g/mol. The highest BCUT2D eigenvalue weighted by atomic mass is 35.5. The van der Waals surface area contributed by atoms with E-state index in [-0.39, 0.29) is 11.7 Å². The van der Waals surface area contributed by atoms with E-state index < -0.39 is 0 Å². The predicted molar refractivity (Wildman–Crippen MR) is 110 cm³/mol. The summed E-state index contributed by atoms with van der Waals surface area (Å²) in [6, 6.07) is 13.5. The number of ether oxygens (including phenoxy) is 1. The normalized spacial score (nSPS) is 12.2. The minimum atomic E-state index is -0.137. The highest BCUT2D eigenvalue weighted by molar-refractivity contribution is 6.30. The van der Waals surface area contributed by atoms with Gasteiger partial charge in [0.2, 0.25) is 0 Å². The SMILES string of the molecule is COc1ccc2[nH]cc([C@@H](CC(=O)c3nccn3C)c3ccc(Cl)cc3)c2c1. The Bertz CT molecular complexity index is 1130. The molecule has 2 heterocycles. The number of aryl methyl sites for hydroxylation is 1. The Hall–Kier alpha value is -3.05. The number of halogens is 1. The topological polar surface area (TPSA) is 59.9 Å². The van der Waals surface area contributed by atoms with Gasteiger partial charge in [-0.15, -0.1) is 0 Å². The van der Waals surface area contributed by atoms with Crippen LogP contribution >= 0.6 is 11.6 Å². The predicted octanol–water partition coefficient (Wildman–Crippen LogP) is 4.97. The molecule has 4 aromatic rings. The van der Waals surface area contributed by atoms with Crippen molar-refractivity contribution < 1.29 is 9.53 Å². The number of imidazole rings is 1. The van der Waals surface area contributed by atoms with Crippen molar-refractivity contribution in [3.63, 3.8) is 0 Å². The lowest BCUT2D eigenvalue weighted by Gasteiger charge is -2.17. The molecule has 0 amide bonds. The van der Waals surface area contributed by atoms with Crippen LogP contribution in [-0.4, -0.2) is 27.4 Å². The van der Waals surface area contributed by atoms with E-state index in [1.807, 2.05) is 55.7 Å². The molecule has 0 radical (unpaired) electrons. The molecule has 28 heavy (non-hydrogen) atoms. The lowest BCUT2D eigenvalue weighted by atomic mass is 9.86. The maximum Gasteiger partial charge on any atom is 0.199 e. The molecule has 0 aliphatic heterocycles. The molecule has 0 aliphatic carbocycles. The number of nitrogens with zero attached hydrogens (tertiary/aromatic N) is 2. The smallest absolute Gasteiger partial charge is 0.199 e. The van der Waals surface area contributed by atoms with Gasteiger partial charge in [-0.1, -0.05) is 23.7 Å². The second-order valence-electron chi connectivity index (χ2n) is 6.75. The second-order valence-corrected chi connectivity index (χ2v) is 7.19. The highest BCUT2D eigenvalue weighted by Gasteiger charge is 2.24. The summed E-state index contributed by atoms with van der Waals surface area (Å²) in [6.07, 6.45) is 5.69. The fourth-order valence-electron chi connectivity index (χ4n) is 3.55. The molecule has 0 saturated heterocycles. The maximum atomic E-state index is 13.0. The molecular weight excluding hydrogens is 374 g/mol. The summed E-state index contributed by atoms with van der Waals surface area (Å²) in [5.41, 5.74) is 3.06. The van der Waals surface area contributed by atoms with Gasteiger partial charge in [-0.2, -0.15) is 0 Å². The van der Waals surface area contributed by atoms with Gasteiger partial charge in [-0.3, -0.25) is 4.79 Å². The summed E-state index contributed by atoms with van der Waals surface area (Å²) in [7, 11) is 3.48. The molecule has 1 atom stereocenters. The number of carbonyl (C=O) groups is 1. The third-order valence-corrected chi connectivity index (χ3v) is 5.28. The van der Waals surface area contributed by atoms with Gasteiger partial charge in [0.25, 0.3) is 0 Å². The molecule has 142 valence electrons. The number of nitrogens with one attached hydrogen (secondary N) is 1. The second kappa shape index (κ2) is 7.52. The van der Waals surface area contributed by atoms with Crippen LogP contribution in [0, 0.1) is 0 Å². The van der Waals surface area contributed by atoms with Gasteiger partial charge in [0.15, 0.2) is 11.6 Å². The quantitative estimate of drug-likeness (QED) is 0.470. The average Bonchev–Trinajstić information content (AvgIpc) is 3.32. The van der Waals surface area contributed by atoms with E-state index >= 15 is 0 Å². The van der Waals surface area contributed by atoms with E-state index in [1.54, 1.807) is 24.1 Å². The summed E-state index contributed by atoms with van der Waals surface area (Å²) in [5.74, 6) is 1.09. The molecule has 0 bridgehead atoms. The van der Waals surface area contributed by atoms with Crippen LogP contribution in [0.5, 0.6) is 5.75 Å². The number of H-pyrrole nitrogens is 1. The number of fused-ring (bicyclic) bond motifs is 1. The Morgan fingerprint density at radius 1 is 1.25 bits per heavy atom. The zero-order chi connectivity index (χ0) is 19.7. The van der Waals surface area contributed by atoms with Crippen molar-refractivity contribution in [1.82, 2.24) is 14.5 Å². The fraction of sp³-hybridized carbons (Fsp3) is 0.182. The Labute approximate surface area is 167 Å². The van der Waals surface area contributed by atoms with Crippen LogP contribution in [0.2, 0.25) is 5.02 Å². The summed E-state index contributed by atoms with van der Waals surface area (Å²) in [5, 5.41) is 1.70. The van der Waals surface area contributed by atoms with Crippen molar-refractivity contribution in [2.75, 3.05) is 7.11 Å². The molecule has 6 heteroatoms. The number of ketones is 1. The lowest BCUT2D eigenvalue weighted by molar-refractivity contribution is 0.0965. The minimum absolute atomic E-state index is 0.00954. The third-order valence-electron chi connectivity index (χ3n) is 5.03. The number of aromatic nitrogens is 3. The first-order valence-corrected chi connectivity index (χ1v) is 9.35. The minimum Gasteiger partial charge on any atom is -0.497 e. The van der Waals surface area contributed by atoms with Crippen LogP contribution < -0.4 is 4.74 Å². The lowest BCUT2D eigenvalue weighted by Crippen LogP contribution is -2.13. The molecule has 4 rings (SSSR count). The van der Waals surface area contributed by atoms with E-state index in [1.165, 1.54) is 0 Å².